The van der Waals surface area contributed by atoms with Crippen molar-refractivity contribution < 1.29 is 9.59 Å². The molecule has 0 fully saturated rings. The van der Waals surface area contributed by atoms with Gasteiger partial charge in [0.25, 0.3) is 5.91 Å². The topological polar surface area (TPSA) is 70.2 Å². The minimum Gasteiger partial charge on any atom is -0.376 e. The van der Waals surface area contributed by atoms with Gasteiger partial charge in [-0.15, -0.1) is 0 Å². The number of rotatable bonds is 9. The first-order chi connectivity index (χ1) is 12.6. The largest absolute Gasteiger partial charge is 0.376 e. The Labute approximate surface area is 155 Å². The Balaban J connectivity index is 1.84. The quantitative estimate of drug-likeness (QED) is 0.604. The summed E-state index contributed by atoms with van der Waals surface area (Å²) in [6.07, 6.45) is 2.00. The lowest BCUT2D eigenvalue weighted by Gasteiger charge is -2.15. The molecule has 5 heteroatoms. The second-order valence-corrected chi connectivity index (χ2v) is 6.24. The summed E-state index contributed by atoms with van der Waals surface area (Å²) in [6, 6.07) is 16.9. The highest BCUT2D eigenvalue weighted by Crippen LogP contribution is 2.12. The molecule has 26 heavy (non-hydrogen) atoms. The molecule has 0 saturated carbocycles. The minimum atomic E-state index is -0.0980. The lowest BCUT2D eigenvalue weighted by atomic mass is 10.1. The summed E-state index contributed by atoms with van der Waals surface area (Å²) < 4.78 is 0. The van der Waals surface area contributed by atoms with Crippen LogP contribution < -0.4 is 16.0 Å². The molecular formula is C21H27N3O2. The molecule has 0 bridgehead atoms. The van der Waals surface area contributed by atoms with E-state index in [4.69, 9.17) is 0 Å². The molecule has 0 aromatic heterocycles. The second kappa shape index (κ2) is 10.2. The third-order valence-corrected chi connectivity index (χ3v) is 4.07. The van der Waals surface area contributed by atoms with Crippen LogP contribution in [0.4, 0.5) is 5.69 Å². The Hall–Kier alpha value is -2.82. The molecule has 5 nitrogen and oxygen atoms in total. The van der Waals surface area contributed by atoms with Gasteiger partial charge in [0.05, 0.1) is 12.6 Å². The van der Waals surface area contributed by atoms with Gasteiger partial charge in [-0.3, -0.25) is 9.59 Å². The average Bonchev–Trinajstić information content (AvgIpc) is 2.67. The zero-order chi connectivity index (χ0) is 18.8. The highest BCUT2D eigenvalue weighted by Gasteiger charge is 2.10. The smallest absolute Gasteiger partial charge is 0.251 e. The Morgan fingerprint density at radius 1 is 1.04 bits per heavy atom. The third-order valence-electron chi connectivity index (χ3n) is 4.07. The van der Waals surface area contributed by atoms with Crippen LogP contribution in [0.25, 0.3) is 0 Å². The van der Waals surface area contributed by atoms with Gasteiger partial charge in [0.15, 0.2) is 0 Å². The maximum absolute atomic E-state index is 12.1. The highest BCUT2D eigenvalue weighted by atomic mass is 16.2. The van der Waals surface area contributed by atoms with Gasteiger partial charge in [-0.1, -0.05) is 49.7 Å². The Morgan fingerprint density at radius 3 is 2.54 bits per heavy atom. The maximum atomic E-state index is 12.1. The first-order valence-corrected chi connectivity index (χ1v) is 9.06. The molecule has 2 aromatic rings. The second-order valence-electron chi connectivity index (χ2n) is 6.24. The van der Waals surface area contributed by atoms with Crippen LogP contribution >= 0.6 is 0 Å². The predicted octanol–water partition coefficient (Wildman–Crippen LogP) is 3.51. The number of carbonyl (C=O) groups excluding carboxylic acids is 2. The number of unbranched alkanes of at least 4 members (excludes halogenated alkanes) is 1. The lowest BCUT2D eigenvalue weighted by molar-refractivity contribution is -0.120. The van der Waals surface area contributed by atoms with E-state index >= 15 is 0 Å². The Morgan fingerprint density at radius 2 is 1.81 bits per heavy atom. The fourth-order valence-electron chi connectivity index (χ4n) is 2.55. The molecule has 2 aromatic carbocycles. The van der Waals surface area contributed by atoms with E-state index < -0.39 is 0 Å². The van der Waals surface area contributed by atoms with Gasteiger partial charge in [-0.25, -0.2) is 0 Å². The van der Waals surface area contributed by atoms with E-state index in [-0.39, 0.29) is 24.4 Å². The zero-order valence-electron chi connectivity index (χ0n) is 15.4. The van der Waals surface area contributed by atoms with Crippen LogP contribution in [0.15, 0.2) is 54.6 Å². The van der Waals surface area contributed by atoms with E-state index in [0.717, 1.165) is 24.1 Å². The molecule has 2 rings (SSSR count). The van der Waals surface area contributed by atoms with Gasteiger partial charge in [0.1, 0.15) is 0 Å². The third kappa shape index (κ3) is 6.24. The lowest BCUT2D eigenvalue weighted by Crippen LogP contribution is -2.32. The highest BCUT2D eigenvalue weighted by molar-refractivity contribution is 5.95. The summed E-state index contributed by atoms with van der Waals surface area (Å²) >= 11 is 0. The van der Waals surface area contributed by atoms with Crippen LogP contribution in [0.2, 0.25) is 0 Å². The molecule has 0 radical (unpaired) electrons. The van der Waals surface area contributed by atoms with Crippen molar-refractivity contribution >= 4 is 17.5 Å². The molecule has 0 heterocycles. The SMILES string of the molecule is CCCCNC(=O)c1cccc(NCC(=O)NC(C)c2ccccc2)c1. The molecule has 0 spiro atoms. The average molecular weight is 353 g/mol. The van der Waals surface area contributed by atoms with Crippen molar-refractivity contribution in [2.75, 3.05) is 18.4 Å². The summed E-state index contributed by atoms with van der Waals surface area (Å²) in [5, 5.41) is 8.92. The number of amides is 2. The van der Waals surface area contributed by atoms with E-state index in [1.165, 1.54) is 0 Å². The van der Waals surface area contributed by atoms with Crippen LogP contribution in [0, 0.1) is 0 Å². The molecular weight excluding hydrogens is 326 g/mol. The van der Waals surface area contributed by atoms with Crippen molar-refractivity contribution in [1.29, 1.82) is 0 Å². The number of nitrogens with one attached hydrogen (secondary N) is 3. The Kier molecular flexibility index (Phi) is 7.68. The van der Waals surface area contributed by atoms with E-state index in [2.05, 4.69) is 22.9 Å². The van der Waals surface area contributed by atoms with Gasteiger partial charge < -0.3 is 16.0 Å². The fraction of sp³-hybridized carbons (Fsp3) is 0.333. The summed E-state index contributed by atoms with van der Waals surface area (Å²) in [5.41, 5.74) is 2.39. The monoisotopic (exact) mass is 353 g/mol. The molecule has 0 aliphatic heterocycles. The van der Waals surface area contributed by atoms with E-state index in [1.54, 1.807) is 12.1 Å². The molecule has 2 amide bonds. The number of hydrogen-bond acceptors (Lipinski definition) is 3. The van der Waals surface area contributed by atoms with Crippen molar-refractivity contribution in [3.63, 3.8) is 0 Å². The molecule has 1 unspecified atom stereocenters. The first kappa shape index (κ1) is 19.5. The number of hydrogen-bond donors (Lipinski definition) is 3. The predicted molar refractivity (Wildman–Crippen MR) is 105 cm³/mol. The van der Waals surface area contributed by atoms with E-state index in [0.29, 0.717) is 12.1 Å². The van der Waals surface area contributed by atoms with Crippen LogP contribution in [-0.4, -0.2) is 24.9 Å². The van der Waals surface area contributed by atoms with Crippen molar-refractivity contribution in [3.05, 3.63) is 65.7 Å². The van der Waals surface area contributed by atoms with Gasteiger partial charge >= 0.3 is 0 Å². The normalized spacial score (nSPS) is 11.5. The molecule has 1 atom stereocenters. The van der Waals surface area contributed by atoms with Crippen molar-refractivity contribution in [3.8, 4) is 0 Å². The summed E-state index contributed by atoms with van der Waals surface area (Å²) in [6.45, 7) is 4.86. The maximum Gasteiger partial charge on any atom is 0.251 e. The molecule has 3 N–H and O–H groups in total. The number of benzene rings is 2. The number of anilines is 1. The summed E-state index contributed by atoms with van der Waals surface area (Å²) in [5.74, 6) is -0.191. The van der Waals surface area contributed by atoms with Crippen molar-refractivity contribution in [2.24, 2.45) is 0 Å². The van der Waals surface area contributed by atoms with Gasteiger partial charge in [0.2, 0.25) is 5.91 Å². The van der Waals surface area contributed by atoms with Crippen molar-refractivity contribution in [1.82, 2.24) is 10.6 Å². The molecule has 0 aliphatic rings. The van der Waals surface area contributed by atoms with Gasteiger partial charge in [-0.05, 0) is 37.1 Å². The van der Waals surface area contributed by atoms with Crippen molar-refractivity contribution in [2.45, 2.75) is 32.7 Å². The summed E-state index contributed by atoms with van der Waals surface area (Å²) in [4.78, 5) is 24.2. The number of carbonyl (C=O) groups is 2. The minimum absolute atomic E-state index is 0.0545. The van der Waals surface area contributed by atoms with E-state index in [9.17, 15) is 9.59 Å². The first-order valence-electron chi connectivity index (χ1n) is 9.06. The standard InChI is InChI=1S/C21H27N3O2/c1-3-4-13-22-21(26)18-11-8-12-19(14-18)23-15-20(25)24-16(2)17-9-6-5-7-10-17/h5-12,14,16,23H,3-4,13,15H2,1-2H3,(H,22,26)(H,24,25). The van der Waals surface area contributed by atoms with Crippen LogP contribution in [0.3, 0.4) is 0 Å². The van der Waals surface area contributed by atoms with Crippen LogP contribution in [0.5, 0.6) is 0 Å². The molecule has 0 saturated heterocycles. The zero-order valence-corrected chi connectivity index (χ0v) is 15.4. The van der Waals surface area contributed by atoms with E-state index in [1.807, 2.05) is 49.4 Å². The molecule has 138 valence electrons. The van der Waals surface area contributed by atoms with Gasteiger partial charge in [0, 0.05) is 17.8 Å². The fourth-order valence-corrected chi connectivity index (χ4v) is 2.55. The van der Waals surface area contributed by atoms with Crippen LogP contribution in [0.1, 0.15) is 48.7 Å². The summed E-state index contributed by atoms with van der Waals surface area (Å²) in [7, 11) is 0. The van der Waals surface area contributed by atoms with Crippen LogP contribution in [-0.2, 0) is 4.79 Å². The molecule has 0 aliphatic carbocycles. The van der Waals surface area contributed by atoms with Gasteiger partial charge in [-0.2, -0.15) is 0 Å². The Bertz CT molecular complexity index is 716.